The third kappa shape index (κ3) is 5.19. The van der Waals surface area contributed by atoms with Gasteiger partial charge in [-0.15, -0.1) is 11.3 Å². The Balaban J connectivity index is 2.37. The maximum absolute atomic E-state index is 3.52. The van der Waals surface area contributed by atoms with Crippen LogP contribution in [0.15, 0.2) is 17.5 Å². The minimum atomic E-state index is 0.576. The number of thiophene rings is 1. The van der Waals surface area contributed by atoms with E-state index in [4.69, 9.17) is 0 Å². The molecule has 0 aliphatic heterocycles. The predicted molar refractivity (Wildman–Crippen MR) is 77.6 cm³/mol. The molecule has 0 aliphatic carbocycles. The molecule has 3 heteroatoms. The zero-order chi connectivity index (χ0) is 12.8. The zero-order valence-corrected chi connectivity index (χ0v) is 12.6. The number of rotatable bonds is 7. The van der Waals surface area contributed by atoms with Gasteiger partial charge in [-0.05, 0) is 37.9 Å². The standard InChI is InChI=1S/C14H26N2S/c1-11(2)15-9-12(3)13(4)16(5)10-14-7-6-8-17-14/h6-8,11-13,15H,9-10H2,1-5H3. The summed E-state index contributed by atoms with van der Waals surface area (Å²) in [6, 6.07) is 5.52. The summed E-state index contributed by atoms with van der Waals surface area (Å²) in [5.41, 5.74) is 0. The molecule has 1 aromatic heterocycles. The van der Waals surface area contributed by atoms with Gasteiger partial charge in [0.15, 0.2) is 0 Å². The molecule has 98 valence electrons. The molecule has 0 bridgehead atoms. The lowest BCUT2D eigenvalue weighted by atomic mass is 10.0. The van der Waals surface area contributed by atoms with Gasteiger partial charge in [0.1, 0.15) is 0 Å². The number of hydrogen-bond acceptors (Lipinski definition) is 3. The van der Waals surface area contributed by atoms with Crippen LogP contribution in [0.5, 0.6) is 0 Å². The predicted octanol–water partition coefficient (Wildman–Crippen LogP) is 3.20. The zero-order valence-electron chi connectivity index (χ0n) is 11.7. The van der Waals surface area contributed by atoms with Gasteiger partial charge in [0.25, 0.3) is 0 Å². The molecule has 1 heterocycles. The van der Waals surface area contributed by atoms with Crippen LogP contribution in [-0.2, 0) is 6.54 Å². The summed E-state index contributed by atoms with van der Waals surface area (Å²) in [6.07, 6.45) is 0. The molecule has 0 fully saturated rings. The summed E-state index contributed by atoms with van der Waals surface area (Å²) in [5, 5.41) is 5.67. The fraction of sp³-hybridized carbons (Fsp3) is 0.714. The third-order valence-electron chi connectivity index (χ3n) is 3.35. The van der Waals surface area contributed by atoms with Gasteiger partial charge in [-0.25, -0.2) is 0 Å². The smallest absolute Gasteiger partial charge is 0.0327 e. The molecule has 0 amide bonds. The lowest BCUT2D eigenvalue weighted by Crippen LogP contribution is -2.40. The van der Waals surface area contributed by atoms with Crippen LogP contribution in [0.1, 0.15) is 32.6 Å². The molecule has 17 heavy (non-hydrogen) atoms. The van der Waals surface area contributed by atoms with E-state index in [9.17, 15) is 0 Å². The van der Waals surface area contributed by atoms with Crippen molar-refractivity contribution in [2.45, 2.75) is 46.3 Å². The van der Waals surface area contributed by atoms with Crippen molar-refractivity contribution in [3.63, 3.8) is 0 Å². The SMILES string of the molecule is CC(C)NCC(C)C(C)N(C)Cc1cccs1. The molecular formula is C14H26N2S. The Morgan fingerprint density at radius 1 is 1.29 bits per heavy atom. The number of hydrogen-bond donors (Lipinski definition) is 1. The molecular weight excluding hydrogens is 228 g/mol. The summed E-state index contributed by atoms with van der Waals surface area (Å²) < 4.78 is 0. The fourth-order valence-corrected chi connectivity index (χ4v) is 2.59. The molecule has 0 saturated carbocycles. The first-order valence-electron chi connectivity index (χ1n) is 6.46. The van der Waals surface area contributed by atoms with E-state index in [1.807, 2.05) is 11.3 Å². The second-order valence-corrected chi connectivity index (χ2v) is 6.31. The van der Waals surface area contributed by atoms with Crippen LogP contribution in [0, 0.1) is 5.92 Å². The van der Waals surface area contributed by atoms with Crippen LogP contribution in [0.2, 0.25) is 0 Å². The van der Waals surface area contributed by atoms with Crippen molar-refractivity contribution in [3.8, 4) is 0 Å². The molecule has 1 N–H and O–H groups in total. The van der Waals surface area contributed by atoms with Crippen LogP contribution in [0.4, 0.5) is 0 Å². The van der Waals surface area contributed by atoms with Gasteiger partial charge in [0.2, 0.25) is 0 Å². The molecule has 0 spiro atoms. The fourth-order valence-electron chi connectivity index (χ4n) is 1.82. The van der Waals surface area contributed by atoms with Crippen molar-refractivity contribution in [1.82, 2.24) is 10.2 Å². The van der Waals surface area contributed by atoms with Crippen LogP contribution in [0.25, 0.3) is 0 Å². The Hall–Kier alpha value is -0.380. The quantitative estimate of drug-likeness (QED) is 0.804. The van der Waals surface area contributed by atoms with Gasteiger partial charge in [-0.1, -0.05) is 26.8 Å². The van der Waals surface area contributed by atoms with Crippen LogP contribution < -0.4 is 5.32 Å². The topological polar surface area (TPSA) is 15.3 Å². The lowest BCUT2D eigenvalue weighted by molar-refractivity contribution is 0.188. The average Bonchev–Trinajstić information content (AvgIpc) is 2.77. The van der Waals surface area contributed by atoms with Crippen molar-refractivity contribution < 1.29 is 0 Å². The molecule has 1 rings (SSSR count). The summed E-state index contributed by atoms with van der Waals surface area (Å²) in [4.78, 5) is 3.89. The van der Waals surface area contributed by atoms with Crippen LogP contribution in [-0.4, -0.2) is 30.6 Å². The second-order valence-electron chi connectivity index (χ2n) is 5.28. The Bertz CT molecular complexity index is 295. The van der Waals surface area contributed by atoms with Crippen molar-refractivity contribution in [2.75, 3.05) is 13.6 Å². The first kappa shape index (κ1) is 14.7. The first-order valence-corrected chi connectivity index (χ1v) is 7.34. The highest BCUT2D eigenvalue weighted by atomic mass is 32.1. The van der Waals surface area contributed by atoms with E-state index in [-0.39, 0.29) is 0 Å². The van der Waals surface area contributed by atoms with E-state index in [1.54, 1.807) is 0 Å². The van der Waals surface area contributed by atoms with Crippen LogP contribution in [0.3, 0.4) is 0 Å². The van der Waals surface area contributed by atoms with Gasteiger partial charge in [-0.2, -0.15) is 0 Å². The van der Waals surface area contributed by atoms with E-state index in [2.05, 4.69) is 62.5 Å². The first-order chi connectivity index (χ1) is 8.00. The van der Waals surface area contributed by atoms with Gasteiger partial charge in [0.05, 0.1) is 0 Å². The Morgan fingerprint density at radius 2 is 2.00 bits per heavy atom. The largest absolute Gasteiger partial charge is 0.314 e. The molecule has 0 radical (unpaired) electrons. The van der Waals surface area contributed by atoms with E-state index in [1.165, 1.54) is 4.88 Å². The van der Waals surface area contributed by atoms with E-state index in [0.717, 1.165) is 13.1 Å². The number of nitrogens with zero attached hydrogens (tertiary/aromatic N) is 1. The molecule has 2 nitrogen and oxygen atoms in total. The summed E-state index contributed by atoms with van der Waals surface area (Å²) in [7, 11) is 2.22. The summed E-state index contributed by atoms with van der Waals surface area (Å²) in [5.74, 6) is 0.669. The monoisotopic (exact) mass is 254 g/mol. The molecule has 1 aromatic rings. The minimum absolute atomic E-state index is 0.576. The van der Waals surface area contributed by atoms with E-state index < -0.39 is 0 Å². The Labute approximate surface area is 110 Å². The van der Waals surface area contributed by atoms with Crippen molar-refractivity contribution in [1.29, 1.82) is 0 Å². The normalized spacial score (nSPS) is 15.5. The highest BCUT2D eigenvalue weighted by molar-refractivity contribution is 7.09. The lowest BCUT2D eigenvalue weighted by Gasteiger charge is -2.30. The second kappa shape index (κ2) is 7.14. The van der Waals surface area contributed by atoms with Gasteiger partial charge in [0, 0.05) is 23.5 Å². The minimum Gasteiger partial charge on any atom is -0.314 e. The third-order valence-corrected chi connectivity index (χ3v) is 4.21. The van der Waals surface area contributed by atoms with Crippen LogP contribution >= 0.6 is 11.3 Å². The Morgan fingerprint density at radius 3 is 2.53 bits per heavy atom. The maximum Gasteiger partial charge on any atom is 0.0327 e. The molecule has 2 atom stereocenters. The molecule has 0 saturated heterocycles. The van der Waals surface area contributed by atoms with Crippen molar-refractivity contribution in [3.05, 3.63) is 22.4 Å². The summed E-state index contributed by atoms with van der Waals surface area (Å²) in [6.45, 7) is 11.2. The highest BCUT2D eigenvalue weighted by Gasteiger charge is 2.17. The molecule has 2 unspecified atom stereocenters. The van der Waals surface area contributed by atoms with Gasteiger partial charge >= 0.3 is 0 Å². The van der Waals surface area contributed by atoms with E-state index in [0.29, 0.717) is 18.0 Å². The van der Waals surface area contributed by atoms with Crippen molar-refractivity contribution in [2.24, 2.45) is 5.92 Å². The average molecular weight is 254 g/mol. The number of nitrogens with one attached hydrogen (secondary N) is 1. The van der Waals surface area contributed by atoms with E-state index >= 15 is 0 Å². The highest BCUT2D eigenvalue weighted by Crippen LogP contribution is 2.15. The summed E-state index contributed by atoms with van der Waals surface area (Å²) >= 11 is 1.84. The van der Waals surface area contributed by atoms with Crippen molar-refractivity contribution >= 4 is 11.3 Å². The molecule has 0 aliphatic rings. The molecule has 0 aromatic carbocycles. The van der Waals surface area contributed by atoms with Gasteiger partial charge < -0.3 is 5.32 Å². The van der Waals surface area contributed by atoms with Gasteiger partial charge in [-0.3, -0.25) is 4.90 Å². The Kier molecular flexibility index (Phi) is 6.17. The maximum atomic E-state index is 3.52.